The lowest BCUT2D eigenvalue weighted by Crippen LogP contribution is -2.57. The van der Waals surface area contributed by atoms with Gasteiger partial charge >= 0.3 is 6.09 Å². The number of hydrogen-bond acceptors (Lipinski definition) is 6. The zero-order chi connectivity index (χ0) is 19.9. The van der Waals surface area contributed by atoms with Crippen LogP contribution in [0, 0.1) is 0 Å². The predicted octanol–water partition coefficient (Wildman–Crippen LogP) is 1.95. The van der Waals surface area contributed by atoms with E-state index < -0.39 is 5.60 Å². The number of piperazine rings is 1. The van der Waals surface area contributed by atoms with E-state index in [9.17, 15) is 4.79 Å². The Bertz CT molecular complexity index is 913. The van der Waals surface area contributed by atoms with Crippen molar-refractivity contribution in [1.29, 1.82) is 0 Å². The Kier molecular flexibility index (Phi) is 4.64. The van der Waals surface area contributed by atoms with Crippen molar-refractivity contribution < 1.29 is 9.53 Å². The Morgan fingerprint density at radius 3 is 2.82 bits per heavy atom. The van der Waals surface area contributed by atoms with Crippen LogP contribution in [0.5, 0.6) is 0 Å². The molecule has 0 radical (unpaired) electrons. The van der Waals surface area contributed by atoms with E-state index in [0.717, 1.165) is 29.4 Å². The number of nitrogens with one attached hydrogen (secondary N) is 1. The number of carbonyl (C=O) groups excluding carboxylic acids is 1. The number of benzene rings is 1. The lowest BCUT2D eigenvalue weighted by Gasteiger charge is -2.39. The Labute approximate surface area is 165 Å². The van der Waals surface area contributed by atoms with Gasteiger partial charge < -0.3 is 24.4 Å². The number of aryl methyl sites for hydroxylation is 1. The maximum atomic E-state index is 12.3. The summed E-state index contributed by atoms with van der Waals surface area (Å²) in [4.78, 5) is 25.7. The fourth-order valence-electron chi connectivity index (χ4n) is 3.73. The summed E-state index contributed by atoms with van der Waals surface area (Å²) in [5, 5.41) is 3.44. The number of ether oxygens (including phenoxy) is 1. The van der Waals surface area contributed by atoms with Crippen LogP contribution in [0.25, 0.3) is 11.0 Å². The van der Waals surface area contributed by atoms with E-state index in [4.69, 9.17) is 9.72 Å². The summed E-state index contributed by atoms with van der Waals surface area (Å²) >= 11 is 0. The molecule has 0 spiro atoms. The average molecular weight is 384 g/mol. The number of aliphatic imine (C=N–C) groups is 1. The highest BCUT2D eigenvalue weighted by atomic mass is 16.6. The van der Waals surface area contributed by atoms with Crippen LogP contribution >= 0.6 is 0 Å². The highest BCUT2D eigenvalue weighted by molar-refractivity contribution is 5.83. The van der Waals surface area contributed by atoms with Crippen LogP contribution in [0.15, 0.2) is 29.3 Å². The highest BCUT2D eigenvalue weighted by Gasteiger charge is 2.36. The molecule has 1 N–H and O–H groups in total. The SMILES string of the molecule is Cn1c(CNC2=NCC3CN(C(=O)OC(C)(C)C)CCN23)nc2ccccc21. The monoisotopic (exact) mass is 384 g/mol. The maximum absolute atomic E-state index is 12.3. The van der Waals surface area contributed by atoms with E-state index in [1.54, 1.807) is 4.90 Å². The molecule has 4 rings (SSSR count). The van der Waals surface area contributed by atoms with Gasteiger partial charge in [-0.3, -0.25) is 4.99 Å². The van der Waals surface area contributed by atoms with Crippen molar-refractivity contribution in [1.82, 2.24) is 24.7 Å². The van der Waals surface area contributed by atoms with Gasteiger partial charge in [0.1, 0.15) is 11.4 Å². The Balaban J connectivity index is 1.36. The number of fused-ring (bicyclic) bond motifs is 2. The van der Waals surface area contributed by atoms with Crippen LogP contribution in [-0.2, 0) is 18.3 Å². The van der Waals surface area contributed by atoms with E-state index in [0.29, 0.717) is 26.2 Å². The number of carbonyl (C=O) groups is 1. The van der Waals surface area contributed by atoms with E-state index in [1.807, 2.05) is 46.0 Å². The van der Waals surface area contributed by atoms with Crippen LogP contribution in [0.1, 0.15) is 26.6 Å². The van der Waals surface area contributed by atoms with E-state index in [2.05, 4.69) is 25.8 Å². The molecule has 150 valence electrons. The molecular formula is C20H28N6O2. The van der Waals surface area contributed by atoms with Gasteiger partial charge in [0.15, 0.2) is 5.96 Å². The van der Waals surface area contributed by atoms with Crippen LogP contribution < -0.4 is 5.32 Å². The predicted molar refractivity (Wildman–Crippen MR) is 108 cm³/mol. The standard InChI is InChI=1S/C20H28N6O2/c1-20(2,3)28-19(27)25-9-10-26-14(13-25)11-21-18(26)22-12-17-23-15-7-5-6-8-16(15)24(17)4/h5-8,14H,9-13H2,1-4H3,(H,21,22). The fraction of sp³-hybridized carbons (Fsp3) is 0.550. The Morgan fingerprint density at radius 2 is 2.07 bits per heavy atom. The van der Waals surface area contributed by atoms with Crippen molar-refractivity contribution in [3.05, 3.63) is 30.1 Å². The van der Waals surface area contributed by atoms with Crippen molar-refractivity contribution in [3.63, 3.8) is 0 Å². The molecule has 8 nitrogen and oxygen atoms in total. The normalized spacial score (nSPS) is 19.6. The van der Waals surface area contributed by atoms with E-state index in [1.165, 1.54) is 0 Å². The number of amides is 1. The summed E-state index contributed by atoms with van der Waals surface area (Å²) in [5.74, 6) is 1.86. The van der Waals surface area contributed by atoms with Crippen LogP contribution in [-0.4, -0.2) is 69.2 Å². The molecule has 8 heteroatoms. The molecule has 28 heavy (non-hydrogen) atoms. The molecule has 1 fully saturated rings. The van der Waals surface area contributed by atoms with Gasteiger partial charge in [0.05, 0.1) is 30.2 Å². The minimum Gasteiger partial charge on any atom is -0.444 e. The molecule has 0 aliphatic carbocycles. The minimum atomic E-state index is -0.473. The third-order valence-corrected chi connectivity index (χ3v) is 5.14. The maximum Gasteiger partial charge on any atom is 0.410 e. The molecule has 0 saturated carbocycles. The van der Waals surface area contributed by atoms with Crippen molar-refractivity contribution in [3.8, 4) is 0 Å². The molecule has 1 aromatic carbocycles. The molecule has 1 unspecified atom stereocenters. The number of nitrogens with zero attached hydrogens (tertiary/aromatic N) is 5. The molecule has 2 aromatic rings. The molecule has 2 aliphatic rings. The number of imidazole rings is 1. The number of rotatable bonds is 2. The minimum absolute atomic E-state index is 0.198. The summed E-state index contributed by atoms with van der Waals surface area (Å²) in [5.41, 5.74) is 1.65. The summed E-state index contributed by atoms with van der Waals surface area (Å²) in [6.07, 6.45) is -0.242. The second kappa shape index (κ2) is 7.00. The lowest BCUT2D eigenvalue weighted by atomic mass is 10.2. The molecule has 3 heterocycles. The van der Waals surface area contributed by atoms with E-state index in [-0.39, 0.29) is 12.1 Å². The zero-order valence-electron chi connectivity index (χ0n) is 17.0. The number of aromatic nitrogens is 2. The number of hydrogen-bond donors (Lipinski definition) is 1. The summed E-state index contributed by atoms with van der Waals surface area (Å²) in [6.45, 7) is 8.99. The Morgan fingerprint density at radius 1 is 1.29 bits per heavy atom. The molecular weight excluding hydrogens is 356 g/mol. The fourth-order valence-corrected chi connectivity index (χ4v) is 3.73. The summed E-state index contributed by atoms with van der Waals surface area (Å²) in [6, 6.07) is 8.33. The van der Waals surface area contributed by atoms with Gasteiger partial charge in [-0.1, -0.05) is 12.1 Å². The molecule has 2 aliphatic heterocycles. The van der Waals surface area contributed by atoms with E-state index >= 15 is 0 Å². The number of guanidine groups is 1. The molecule has 1 saturated heterocycles. The lowest BCUT2D eigenvalue weighted by molar-refractivity contribution is 0.0137. The van der Waals surface area contributed by atoms with Gasteiger partial charge in [0.2, 0.25) is 0 Å². The first-order valence-corrected chi connectivity index (χ1v) is 9.75. The molecule has 0 bridgehead atoms. The molecule has 1 atom stereocenters. The van der Waals surface area contributed by atoms with Crippen LogP contribution in [0.2, 0.25) is 0 Å². The second-order valence-electron chi connectivity index (χ2n) is 8.37. The zero-order valence-corrected chi connectivity index (χ0v) is 17.0. The van der Waals surface area contributed by atoms with Gasteiger partial charge in [-0.15, -0.1) is 0 Å². The van der Waals surface area contributed by atoms with Crippen molar-refractivity contribution >= 4 is 23.1 Å². The first-order valence-electron chi connectivity index (χ1n) is 9.75. The topological polar surface area (TPSA) is 75.0 Å². The van der Waals surface area contributed by atoms with Gasteiger partial charge in [0.25, 0.3) is 0 Å². The van der Waals surface area contributed by atoms with Gasteiger partial charge in [-0.25, -0.2) is 9.78 Å². The third-order valence-electron chi connectivity index (χ3n) is 5.14. The van der Waals surface area contributed by atoms with Gasteiger partial charge in [-0.05, 0) is 32.9 Å². The average Bonchev–Trinajstić information content (AvgIpc) is 3.19. The smallest absolute Gasteiger partial charge is 0.410 e. The van der Waals surface area contributed by atoms with Crippen molar-refractivity contribution in [2.45, 2.75) is 39.0 Å². The third kappa shape index (κ3) is 3.63. The quantitative estimate of drug-likeness (QED) is 0.857. The van der Waals surface area contributed by atoms with Crippen LogP contribution in [0.4, 0.5) is 4.79 Å². The van der Waals surface area contributed by atoms with Crippen molar-refractivity contribution in [2.75, 3.05) is 26.2 Å². The van der Waals surface area contributed by atoms with Crippen molar-refractivity contribution in [2.24, 2.45) is 12.0 Å². The number of para-hydroxylation sites is 2. The van der Waals surface area contributed by atoms with Gasteiger partial charge in [-0.2, -0.15) is 0 Å². The molecule has 1 aromatic heterocycles. The first-order chi connectivity index (χ1) is 13.3. The summed E-state index contributed by atoms with van der Waals surface area (Å²) in [7, 11) is 2.03. The Hall–Kier alpha value is -2.77. The second-order valence-corrected chi connectivity index (χ2v) is 8.37. The summed E-state index contributed by atoms with van der Waals surface area (Å²) < 4.78 is 7.61. The first kappa shape index (κ1) is 18.6. The molecule has 1 amide bonds. The highest BCUT2D eigenvalue weighted by Crippen LogP contribution is 2.19. The van der Waals surface area contributed by atoms with Crippen LogP contribution in [0.3, 0.4) is 0 Å². The van der Waals surface area contributed by atoms with Gasteiger partial charge in [0, 0.05) is 26.7 Å². The largest absolute Gasteiger partial charge is 0.444 e.